The zero-order valence-electron chi connectivity index (χ0n) is 12.3. The lowest BCUT2D eigenvalue weighted by Gasteiger charge is -2.29. The van der Waals surface area contributed by atoms with Crippen LogP contribution < -0.4 is 5.32 Å². The summed E-state index contributed by atoms with van der Waals surface area (Å²) in [6.45, 7) is 7.91. The highest BCUT2D eigenvalue weighted by atomic mass is 19.1. The van der Waals surface area contributed by atoms with Crippen molar-refractivity contribution in [3.05, 3.63) is 35.6 Å². The van der Waals surface area contributed by atoms with E-state index in [4.69, 9.17) is 0 Å². The summed E-state index contributed by atoms with van der Waals surface area (Å²) in [5.41, 5.74) is 0.785. The lowest BCUT2D eigenvalue weighted by molar-refractivity contribution is -0.134. The fourth-order valence-corrected chi connectivity index (χ4v) is 1.76. The molecule has 0 aliphatic rings. The van der Waals surface area contributed by atoms with Crippen molar-refractivity contribution >= 4 is 5.91 Å². The molecule has 1 amide bonds. The second-order valence-corrected chi connectivity index (χ2v) is 5.35. The Morgan fingerprint density at radius 1 is 1.16 bits per heavy atom. The van der Waals surface area contributed by atoms with Gasteiger partial charge in [-0.05, 0) is 45.4 Å². The van der Waals surface area contributed by atoms with Crippen molar-refractivity contribution < 1.29 is 9.18 Å². The summed E-state index contributed by atoms with van der Waals surface area (Å²) in [7, 11) is 1.78. The van der Waals surface area contributed by atoms with Gasteiger partial charge in [0.15, 0.2) is 0 Å². The van der Waals surface area contributed by atoms with E-state index in [1.54, 1.807) is 24.1 Å². The highest BCUT2D eigenvalue weighted by molar-refractivity contribution is 5.83. The van der Waals surface area contributed by atoms with Gasteiger partial charge in [-0.2, -0.15) is 0 Å². The summed E-state index contributed by atoms with van der Waals surface area (Å²) in [5.74, 6) is -0.299. The average Bonchev–Trinajstić information content (AvgIpc) is 2.35. The van der Waals surface area contributed by atoms with Crippen LogP contribution in [0.2, 0.25) is 0 Å². The smallest absolute Gasteiger partial charge is 0.244 e. The lowest BCUT2D eigenvalue weighted by atomic mass is 10.0. The van der Waals surface area contributed by atoms with Crippen molar-refractivity contribution in [2.75, 3.05) is 7.05 Å². The van der Waals surface area contributed by atoms with Crippen LogP contribution in [0.15, 0.2) is 24.3 Å². The normalized spacial score (nSPS) is 12.8. The van der Waals surface area contributed by atoms with Crippen LogP contribution in [0.5, 0.6) is 0 Å². The third-order valence-corrected chi connectivity index (χ3v) is 3.07. The first-order valence-corrected chi connectivity index (χ1v) is 6.61. The number of benzene rings is 1. The fourth-order valence-electron chi connectivity index (χ4n) is 1.76. The predicted molar refractivity (Wildman–Crippen MR) is 75.3 cm³/mol. The summed E-state index contributed by atoms with van der Waals surface area (Å²) < 4.78 is 13.0. The van der Waals surface area contributed by atoms with Gasteiger partial charge >= 0.3 is 0 Å². The molecule has 1 aromatic carbocycles. The Hall–Kier alpha value is -1.42. The van der Waals surface area contributed by atoms with Gasteiger partial charge < -0.3 is 4.90 Å². The number of hydrogen-bond acceptors (Lipinski definition) is 2. The van der Waals surface area contributed by atoms with Gasteiger partial charge in [-0.15, -0.1) is 0 Å². The van der Waals surface area contributed by atoms with Gasteiger partial charge in [0.1, 0.15) is 11.9 Å². The van der Waals surface area contributed by atoms with Crippen LogP contribution in [-0.4, -0.2) is 29.9 Å². The first kappa shape index (κ1) is 15.6. The van der Waals surface area contributed by atoms with Crippen LogP contribution in [-0.2, 0) is 4.79 Å². The predicted octanol–water partition coefficient (Wildman–Crippen LogP) is 2.73. The van der Waals surface area contributed by atoms with Gasteiger partial charge in [0.05, 0.1) is 0 Å². The van der Waals surface area contributed by atoms with Gasteiger partial charge in [0.2, 0.25) is 5.91 Å². The molecule has 3 nitrogen and oxygen atoms in total. The van der Waals surface area contributed by atoms with Crippen molar-refractivity contribution in [2.24, 2.45) is 0 Å². The molecule has 0 unspecified atom stereocenters. The number of halogens is 1. The van der Waals surface area contributed by atoms with Crippen molar-refractivity contribution in [3.63, 3.8) is 0 Å². The molecular formula is C15H23FN2O. The molecule has 0 saturated heterocycles. The molecule has 1 N–H and O–H groups in total. The molecular weight excluding hydrogens is 243 g/mol. The van der Waals surface area contributed by atoms with Gasteiger partial charge in [0, 0.05) is 19.1 Å². The highest BCUT2D eigenvalue weighted by Gasteiger charge is 2.25. The van der Waals surface area contributed by atoms with Crippen molar-refractivity contribution in [2.45, 2.75) is 45.8 Å². The van der Waals surface area contributed by atoms with E-state index >= 15 is 0 Å². The quantitative estimate of drug-likeness (QED) is 0.888. The van der Waals surface area contributed by atoms with Crippen molar-refractivity contribution in [1.82, 2.24) is 10.2 Å². The maximum Gasteiger partial charge on any atom is 0.244 e. The summed E-state index contributed by atoms with van der Waals surface area (Å²) in [4.78, 5) is 14.2. The Morgan fingerprint density at radius 3 is 2.11 bits per heavy atom. The van der Waals surface area contributed by atoms with Crippen LogP contribution in [0.4, 0.5) is 4.39 Å². The molecule has 0 heterocycles. The van der Waals surface area contributed by atoms with E-state index in [1.165, 1.54) is 12.1 Å². The summed E-state index contributed by atoms with van der Waals surface area (Å²) in [6, 6.07) is 5.93. The molecule has 1 rings (SSSR count). The molecule has 1 aromatic rings. The largest absolute Gasteiger partial charge is 0.342 e. The minimum absolute atomic E-state index is 0.00434. The van der Waals surface area contributed by atoms with E-state index in [9.17, 15) is 9.18 Å². The SMILES string of the molecule is CC(C)N[C@@H](C(=O)N(C)C(C)C)c1ccc(F)cc1. The van der Waals surface area contributed by atoms with E-state index in [1.807, 2.05) is 27.7 Å². The minimum Gasteiger partial charge on any atom is -0.342 e. The van der Waals surface area contributed by atoms with Crippen LogP contribution in [0.25, 0.3) is 0 Å². The number of nitrogens with zero attached hydrogens (tertiary/aromatic N) is 1. The molecule has 106 valence electrons. The van der Waals surface area contributed by atoms with Crippen LogP contribution in [0.1, 0.15) is 39.3 Å². The second kappa shape index (κ2) is 6.66. The van der Waals surface area contributed by atoms with E-state index in [2.05, 4.69) is 5.32 Å². The molecule has 0 aromatic heterocycles. The number of rotatable bonds is 5. The number of nitrogens with one attached hydrogen (secondary N) is 1. The van der Waals surface area contributed by atoms with E-state index in [0.29, 0.717) is 0 Å². The number of carbonyl (C=O) groups excluding carboxylic acids is 1. The van der Waals surface area contributed by atoms with Gasteiger partial charge in [-0.25, -0.2) is 4.39 Å². The van der Waals surface area contributed by atoms with Crippen molar-refractivity contribution in [1.29, 1.82) is 0 Å². The van der Waals surface area contributed by atoms with E-state index < -0.39 is 6.04 Å². The molecule has 19 heavy (non-hydrogen) atoms. The second-order valence-electron chi connectivity index (χ2n) is 5.35. The van der Waals surface area contributed by atoms with Gasteiger partial charge in [0.25, 0.3) is 0 Å². The van der Waals surface area contributed by atoms with E-state index in [-0.39, 0.29) is 23.8 Å². The maximum atomic E-state index is 13.0. The summed E-state index contributed by atoms with van der Waals surface area (Å²) in [6.07, 6.45) is 0. The molecule has 0 radical (unpaired) electrons. The van der Waals surface area contributed by atoms with E-state index in [0.717, 1.165) is 5.56 Å². The molecule has 0 spiro atoms. The third kappa shape index (κ3) is 4.31. The number of amides is 1. The third-order valence-electron chi connectivity index (χ3n) is 3.07. The zero-order chi connectivity index (χ0) is 14.6. The number of carbonyl (C=O) groups is 1. The Kier molecular flexibility index (Phi) is 5.48. The average molecular weight is 266 g/mol. The minimum atomic E-state index is -0.437. The maximum absolute atomic E-state index is 13.0. The van der Waals surface area contributed by atoms with Crippen molar-refractivity contribution in [3.8, 4) is 0 Å². The van der Waals surface area contributed by atoms with Crippen LogP contribution in [0.3, 0.4) is 0 Å². The molecule has 0 aliphatic carbocycles. The molecule has 0 bridgehead atoms. The lowest BCUT2D eigenvalue weighted by Crippen LogP contribution is -2.43. The van der Waals surface area contributed by atoms with Crippen LogP contribution >= 0.6 is 0 Å². The standard InChI is InChI=1S/C15H23FN2O/c1-10(2)17-14(15(19)18(5)11(3)4)12-6-8-13(16)9-7-12/h6-11,14,17H,1-5H3/t14-/m1/s1. The summed E-state index contributed by atoms with van der Waals surface area (Å²) >= 11 is 0. The first-order valence-electron chi connectivity index (χ1n) is 6.61. The Balaban J connectivity index is 3.00. The molecule has 4 heteroatoms. The topological polar surface area (TPSA) is 32.3 Å². The molecule has 1 atom stereocenters. The number of hydrogen-bond donors (Lipinski definition) is 1. The summed E-state index contributed by atoms with van der Waals surface area (Å²) in [5, 5.41) is 3.24. The zero-order valence-corrected chi connectivity index (χ0v) is 12.3. The highest BCUT2D eigenvalue weighted by Crippen LogP contribution is 2.18. The Morgan fingerprint density at radius 2 is 1.68 bits per heavy atom. The molecule has 0 saturated carbocycles. The molecule has 0 aliphatic heterocycles. The first-order chi connectivity index (χ1) is 8.82. The van der Waals surface area contributed by atoms with Gasteiger partial charge in [-0.1, -0.05) is 12.1 Å². The fraction of sp³-hybridized carbons (Fsp3) is 0.533. The van der Waals surface area contributed by atoms with Crippen LogP contribution in [0, 0.1) is 5.82 Å². The van der Waals surface area contributed by atoms with Gasteiger partial charge in [-0.3, -0.25) is 10.1 Å². The monoisotopic (exact) mass is 266 g/mol. The Labute approximate surface area is 114 Å². The number of likely N-dealkylation sites (N-methyl/N-ethyl adjacent to an activating group) is 1. The Bertz CT molecular complexity index is 415. The molecule has 0 fully saturated rings.